The molecule has 3 aromatic heterocycles. The van der Waals surface area contributed by atoms with Gasteiger partial charge in [-0.05, 0) is 56.2 Å². The number of hydrogen-bond donors (Lipinski definition) is 1. The molecule has 0 aliphatic heterocycles. The highest BCUT2D eigenvalue weighted by molar-refractivity contribution is 6.04. The third-order valence-electron chi connectivity index (χ3n) is 5.60. The Kier molecular flexibility index (Phi) is 5.12. The SMILES string of the molecule is Cc1cc(NC(=O)c2ccc(F)c(F)c2)n(-c2ncnc3c2cnn3-c2cccc(C)c2C)n1. The van der Waals surface area contributed by atoms with Crippen LogP contribution >= 0.6 is 0 Å². The number of benzene rings is 2. The maximum atomic E-state index is 13.6. The molecule has 2 aromatic carbocycles. The Balaban J connectivity index is 1.58. The molecule has 8 nitrogen and oxygen atoms in total. The van der Waals surface area contributed by atoms with Crippen molar-refractivity contribution < 1.29 is 13.6 Å². The molecule has 10 heteroatoms. The molecule has 0 atom stereocenters. The van der Waals surface area contributed by atoms with E-state index in [0.717, 1.165) is 28.9 Å². The third kappa shape index (κ3) is 3.58. The standard InChI is InChI=1S/C24H19F2N7O/c1-13-5-4-6-20(15(13)3)32-22-17(11-29-32)23(28-12-27-22)33-21(9-14(2)31-33)30-24(34)16-7-8-18(25)19(26)10-16/h4-12H,1-3H3,(H,30,34). The second-order valence-electron chi connectivity index (χ2n) is 7.88. The quantitative estimate of drug-likeness (QED) is 0.429. The number of aromatic nitrogens is 6. The minimum atomic E-state index is -1.10. The second-order valence-corrected chi connectivity index (χ2v) is 7.88. The minimum Gasteiger partial charge on any atom is -0.306 e. The van der Waals surface area contributed by atoms with Gasteiger partial charge in [0.1, 0.15) is 12.1 Å². The molecular weight excluding hydrogens is 440 g/mol. The van der Waals surface area contributed by atoms with Gasteiger partial charge >= 0.3 is 0 Å². The molecule has 170 valence electrons. The summed E-state index contributed by atoms with van der Waals surface area (Å²) in [5, 5.41) is 12.3. The number of carbonyl (C=O) groups excluding carboxylic acids is 1. The number of carbonyl (C=O) groups is 1. The first-order chi connectivity index (χ1) is 16.3. The van der Waals surface area contributed by atoms with Crippen LogP contribution in [0.4, 0.5) is 14.6 Å². The van der Waals surface area contributed by atoms with Crippen molar-refractivity contribution >= 4 is 22.8 Å². The van der Waals surface area contributed by atoms with Gasteiger partial charge in [0.2, 0.25) is 0 Å². The summed E-state index contributed by atoms with van der Waals surface area (Å²) in [6.45, 7) is 5.81. The van der Waals surface area contributed by atoms with E-state index in [0.29, 0.717) is 28.4 Å². The first kappa shape index (κ1) is 21.4. The van der Waals surface area contributed by atoms with E-state index in [9.17, 15) is 13.6 Å². The molecule has 0 unspecified atom stereocenters. The summed E-state index contributed by atoms with van der Waals surface area (Å²) in [5.74, 6) is -2.02. The van der Waals surface area contributed by atoms with Gasteiger partial charge in [0.05, 0.1) is 23.0 Å². The summed E-state index contributed by atoms with van der Waals surface area (Å²) in [5.41, 5.74) is 4.25. The van der Waals surface area contributed by atoms with Crippen LogP contribution in [-0.2, 0) is 0 Å². The van der Waals surface area contributed by atoms with Gasteiger partial charge in [0, 0.05) is 11.6 Å². The highest BCUT2D eigenvalue weighted by atomic mass is 19.2. The summed E-state index contributed by atoms with van der Waals surface area (Å²) in [7, 11) is 0. The number of hydrogen-bond acceptors (Lipinski definition) is 5. The van der Waals surface area contributed by atoms with Gasteiger partial charge in [-0.1, -0.05) is 12.1 Å². The number of fused-ring (bicyclic) bond motifs is 1. The van der Waals surface area contributed by atoms with E-state index in [1.807, 2.05) is 32.0 Å². The Labute approximate surface area is 192 Å². The van der Waals surface area contributed by atoms with Crippen molar-refractivity contribution in [1.82, 2.24) is 29.5 Å². The van der Waals surface area contributed by atoms with E-state index in [4.69, 9.17) is 0 Å². The maximum Gasteiger partial charge on any atom is 0.256 e. The first-order valence-electron chi connectivity index (χ1n) is 10.4. The lowest BCUT2D eigenvalue weighted by Gasteiger charge is -2.11. The lowest BCUT2D eigenvalue weighted by molar-refractivity contribution is 0.102. The smallest absolute Gasteiger partial charge is 0.256 e. The molecule has 0 saturated carbocycles. The molecule has 0 spiro atoms. The van der Waals surface area contributed by atoms with Gasteiger partial charge in [-0.15, -0.1) is 0 Å². The van der Waals surface area contributed by atoms with Crippen LogP contribution in [0, 0.1) is 32.4 Å². The largest absolute Gasteiger partial charge is 0.306 e. The fraction of sp³-hybridized carbons (Fsp3) is 0.125. The molecular formula is C24H19F2N7O. The number of aryl methyl sites for hydroxylation is 2. The van der Waals surface area contributed by atoms with Gasteiger partial charge in [0.25, 0.3) is 5.91 Å². The van der Waals surface area contributed by atoms with Crippen LogP contribution in [0.15, 0.2) is 55.0 Å². The first-order valence-corrected chi connectivity index (χ1v) is 10.4. The Hall–Kier alpha value is -4.47. The van der Waals surface area contributed by atoms with Gasteiger partial charge in [0.15, 0.2) is 23.1 Å². The Morgan fingerprint density at radius 2 is 1.79 bits per heavy atom. The molecule has 5 rings (SSSR count). The van der Waals surface area contributed by atoms with Crippen molar-refractivity contribution in [2.75, 3.05) is 5.32 Å². The van der Waals surface area contributed by atoms with Crippen LogP contribution < -0.4 is 5.32 Å². The molecule has 0 aliphatic rings. The Morgan fingerprint density at radius 3 is 2.59 bits per heavy atom. The van der Waals surface area contributed by atoms with Crippen LogP contribution in [0.5, 0.6) is 0 Å². The Morgan fingerprint density at radius 1 is 0.971 bits per heavy atom. The minimum absolute atomic E-state index is 0.0279. The van der Waals surface area contributed by atoms with E-state index in [2.05, 4.69) is 25.5 Å². The predicted molar refractivity (Wildman–Crippen MR) is 122 cm³/mol. The molecule has 0 fully saturated rings. The van der Waals surface area contributed by atoms with E-state index < -0.39 is 17.5 Å². The lowest BCUT2D eigenvalue weighted by Crippen LogP contribution is -2.16. The summed E-state index contributed by atoms with van der Waals surface area (Å²) in [4.78, 5) is 21.5. The number of anilines is 1. The monoisotopic (exact) mass is 459 g/mol. The average Bonchev–Trinajstić information content (AvgIpc) is 3.40. The van der Waals surface area contributed by atoms with Gasteiger partial charge in [-0.3, -0.25) is 4.79 Å². The topological polar surface area (TPSA) is 90.5 Å². The predicted octanol–water partition coefficient (Wildman–Crippen LogP) is 4.46. The normalized spacial score (nSPS) is 11.2. The number of nitrogens with zero attached hydrogens (tertiary/aromatic N) is 6. The van der Waals surface area contributed by atoms with Crippen molar-refractivity contribution in [3.8, 4) is 11.5 Å². The average molecular weight is 459 g/mol. The van der Waals surface area contributed by atoms with Crippen LogP contribution in [0.3, 0.4) is 0 Å². The van der Waals surface area contributed by atoms with E-state index in [1.165, 1.54) is 17.1 Å². The van der Waals surface area contributed by atoms with Crippen molar-refractivity contribution in [2.45, 2.75) is 20.8 Å². The van der Waals surface area contributed by atoms with Crippen molar-refractivity contribution in [3.63, 3.8) is 0 Å². The number of nitrogens with one attached hydrogen (secondary N) is 1. The van der Waals surface area contributed by atoms with E-state index >= 15 is 0 Å². The summed E-state index contributed by atoms with van der Waals surface area (Å²) in [6.07, 6.45) is 3.04. The lowest BCUT2D eigenvalue weighted by atomic mass is 10.1. The molecule has 0 aliphatic carbocycles. The van der Waals surface area contributed by atoms with Crippen LogP contribution in [0.25, 0.3) is 22.5 Å². The summed E-state index contributed by atoms with van der Waals surface area (Å²) >= 11 is 0. The maximum absolute atomic E-state index is 13.6. The summed E-state index contributed by atoms with van der Waals surface area (Å²) in [6, 6.07) is 10.6. The van der Waals surface area contributed by atoms with Crippen LogP contribution in [-0.4, -0.2) is 35.4 Å². The molecule has 5 aromatic rings. The number of halogens is 2. The van der Waals surface area contributed by atoms with E-state index in [-0.39, 0.29) is 5.56 Å². The second kappa shape index (κ2) is 8.14. The zero-order valence-electron chi connectivity index (χ0n) is 18.5. The molecule has 0 radical (unpaired) electrons. The van der Waals surface area contributed by atoms with Crippen molar-refractivity contribution in [2.24, 2.45) is 0 Å². The number of amides is 1. The summed E-state index contributed by atoms with van der Waals surface area (Å²) < 4.78 is 30.1. The van der Waals surface area contributed by atoms with Crippen LogP contribution in [0.2, 0.25) is 0 Å². The molecule has 0 bridgehead atoms. The third-order valence-corrected chi connectivity index (χ3v) is 5.60. The highest BCUT2D eigenvalue weighted by Gasteiger charge is 2.19. The molecule has 0 saturated heterocycles. The van der Waals surface area contributed by atoms with Gasteiger partial charge < -0.3 is 5.32 Å². The zero-order chi connectivity index (χ0) is 24.0. The van der Waals surface area contributed by atoms with Gasteiger partial charge in [-0.25, -0.2) is 23.4 Å². The van der Waals surface area contributed by atoms with E-state index in [1.54, 1.807) is 23.9 Å². The van der Waals surface area contributed by atoms with Crippen molar-refractivity contribution in [1.29, 1.82) is 0 Å². The zero-order valence-corrected chi connectivity index (χ0v) is 18.5. The molecule has 3 heterocycles. The highest BCUT2D eigenvalue weighted by Crippen LogP contribution is 2.26. The Bertz CT molecular complexity index is 1570. The van der Waals surface area contributed by atoms with Gasteiger partial charge in [-0.2, -0.15) is 14.9 Å². The van der Waals surface area contributed by atoms with Crippen molar-refractivity contribution in [3.05, 3.63) is 89.0 Å². The molecule has 1 amide bonds. The fourth-order valence-corrected chi connectivity index (χ4v) is 3.72. The molecule has 34 heavy (non-hydrogen) atoms. The van der Waals surface area contributed by atoms with Crippen LogP contribution in [0.1, 0.15) is 27.2 Å². The molecule has 1 N–H and O–H groups in total. The fourth-order valence-electron chi connectivity index (χ4n) is 3.72. The number of rotatable bonds is 4.